The molecule has 3 heterocycles. The van der Waals surface area contributed by atoms with Crippen molar-refractivity contribution in [2.24, 2.45) is 0 Å². The van der Waals surface area contributed by atoms with Crippen molar-refractivity contribution in [3.8, 4) is 0 Å². The van der Waals surface area contributed by atoms with Gasteiger partial charge in [0.25, 0.3) is 0 Å². The maximum atomic E-state index is 13.9. The van der Waals surface area contributed by atoms with E-state index in [4.69, 9.17) is 4.98 Å². The minimum atomic E-state index is -0.313. The van der Waals surface area contributed by atoms with Crippen molar-refractivity contribution in [2.75, 3.05) is 0 Å². The van der Waals surface area contributed by atoms with Gasteiger partial charge in [-0.1, -0.05) is 0 Å². The molecule has 1 aliphatic rings. The average molecular weight is 329 g/mol. The van der Waals surface area contributed by atoms with Crippen LogP contribution < -0.4 is 0 Å². The molecule has 0 radical (unpaired) electrons. The number of rotatable bonds is 0. The molecule has 0 amide bonds. The van der Waals surface area contributed by atoms with Gasteiger partial charge in [0.2, 0.25) is 0 Å². The van der Waals surface area contributed by atoms with Gasteiger partial charge in [-0.2, -0.15) is 5.10 Å². The van der Waals surface area contributed by atoms with Gasteiger partial charge in [0.05, 0.1) is 28.4 Å². The third kappa shape index (κ3) is 1.53. The summed E-state index contributed by atoms with van der Waals surface area (Å²) in [6.45, 7) is 0. The van der Waals surface area contributed by atoms with Gasteiger partial charge in [0.1, 0.15) is 5.82 Å². The molecular weight excluding hydrogens is 317 g/mol. The van der Waals surface area contributed by atoms with E-state index >= 15 is 0 Å². The molecule has 0 spiro atoms. The highest BCUT2D eigenvalue weighted by atomic mass is 19.1. The smallest absolute Gasteiger partial charge is 0.165 e. The Balaban J connectivity index is 2.04. The molecule has 120 valence electrons. The van der Waals surface area contributed by atoms with Crippen molar-refractivity contribution < 1.29 is 9.18 Å². The Morgan fingerprint density at radius 2 is 2.00 bits per heavy atom. The SMILES string of the molecule is O=C1CCCc2nc3ccc4cnn5c6cc(F)ccc6c(c21)c3c45. The zero-order chi connectivity index (χ0) is 16.7. The van der Waals surface area contributed by atoms with Crippen LogP contribution in [0, 0.1) is 5.82 Å². The topological polar surface area (TPSA) is 47.3 Å². The number of halogens is 1. The first-order valence-electron chi connectivity index (χ1n) is 8.39. The Morgan fingerprint density at radius 3 is 2.92 bits per heavy atom. The predicted octanol–water partition coefficient (Wildman–Crippen LogP) is 4.28. The summed E-state index contributed by atoms with van der Waals surface area (Å²) in [4.78, 5) is 17.5. The second-order valence-electron chi connectivity index (χ2n) is 6.70. The molecule has 5 heteroatoms. The number of aryl methyl sites for hydroxylation is 1. The molecule has 0 fully saturated rings. The molecular formula is C20H12FN3O. The zero-order valence-corrected chi connectivity index (χ0v) is 13.2. The summed E-state index contributed by atoms with van der Waals surface area (Å²) < 4.78 is 15.7. The molecule has 25 heavy (non-hydrogen) atoms. The first kappa shape index (κ1) is 13.2. The number of Topliss-reactive ketones (excluding diaryl/α,β-unsaturated/α-hetero) is 1. The van der Waals surface area contributed by atoms with E-state index in [1.54, 1.807) is 16.8 Å². The summed E-state index contributed by atoms with van der Waals surface area (Å²) >= 11 is 0. The van der Waals surface area contributed by atoms with Crippen molar-refractivity contribution >= 4 is 43.9 Å². The number of carbonyl (C=O) groups is 1. The first-order chi connectivity index (χ1) is 12.2. The Hall–Kier alpha value is -3.08. The molecule has 2 aromatic carbocycles. The maximum absolute atomic E-state index is 13.9. The van der Waals surface area contributed by atoms with Crippen LogP contribution >= 0.6 is 0 Å². The van der Waals surface area contributed by atoms with Gasteiger partial charge in [-0.25, -0.2) is 8.91 Å². The predicted molar refractivity (Wildman–Crippen MR) is 93.9 cm³/mol. The second-order valence-corrected chi connectivity index (χ2v) is 6.70. The van der Waals surface area contributed by atoms with Crippen molar-refractivity contribution in [3.05, 3.63) is 53.6 Å². The van der Waals surface area contributed by atoms with Crippen molar-refractivity contribution in [1.29, 1.82) is 0 Å². The van der Waals surface area contributed by atoms with E-state index < -0.39 is 0 Å². The van der Waals surface area contributed by atoms with Gasteiger partial charge in [-0.3, -0.25) is 9.78 Å². The van der Waals surface area contributed by atoms with E-state index in [-0.39, 0.29) is 11.6 Å². The number of fused-ring (bicyclic) bond motifs is 5. The van der Waals surface area contributed by atoms with Gasteiger partial charge >= 0.3 is 0 Å². The Labute approximate surface area is 141 Å². The van der Waals surface area contributed by atoms with Gasteiger partial charge in [-0.15, -0.1) is 0 Å². The number of nitrogens with zero attached hydrogens (tertiary/aromatic N) is 3. The molecule has 0 unspecified atom stereocenters. The minimum Gasteiger partial charge on any atom is -0.294 e. The van der Waals surface area contributed by atoms with Crippen LogP contribution in [-0.2, 0) is 6.42 Å². The fraction of sp³-hybridized carbons (Fsp3) is 0.150. The molecule has 1 aliphatic carbocycles. The van der Waals surface area contributed by atoms with Crippen LogP contribution in [0.2, 0.25) is 0 Å². The summed E-state index contributed by atoms with van der Waals surface area (Å²) in [5.74, 6) is -0.182. The fourth-order valence-corrected chi connectivity index (χ4v) is 4.28. The van der Waals surface area contributed by atoms with E-state index in [0.29, 0.717) is 17.5 Å². The van der Waals surface area contributed by atoms with E-state index in [0.717, 1.165) is 51.1 Å². The maximum Gasteiger partial charge on any atom is 0.165 e. The van der Waals surface area contributed by atoms with Crippen LogP contribution in [0.4, 0.5) is 4.39 Å². The molecule has 0 bridgehead atoms. The van der Waals surface area contributed by atoms with Crippen LogP contribution in [0.15, 0.2) is 36.5 Å². The number of benzene rings is 2. The fourth-order valence-electron chi connectivity index (χ4n) is 4.28. The summed E-state index contributed by atoms with van der Waals surface area (Å²) in [5.41, 5.74) is 4.03. The van der Waals surface area contributed by atoms with Crippen LogP contribution in [0.5, 0.6) is 0 Å². The number of hydrogen-bond donors (Lipinski definition) is 0. The normalized spacial score (nSPS) is 15.0. The zero-order valence-electron chi connectivity index (χ0n) is 13.2. The lowest BCUT2D eigenvalue weighted by molar-refractivity contribution is 0.0973. The lowest BCUT2D eigenvalue weighted by Gasteiger charge is -2.20. The highest BCUT2D eigenvalue weighted by Gasteiger charge is 2.26. The van der Waals surface area contributed by atoms with Crippen LogP contribution in [0.25, 0.3) is 38.1 Å². The molecule has 0 atom stereocenters. The minimum absolute atomic E-state index is 0.130. The average Bonchev–Trinajstić information content (AvgIpc) is 3.05. The number of pyridine rings is 2. The highest BCUT2D eigenvalue weighted by molar-refractivity contribution is 6.28. The Morgan fingerprint density at radius 1 is 1.08 bits per heavy atom. The first-order valence-corrected chi connectivity index (χ1v) is 8.39. The van der Waals surface area contributed by atoms with E-state index in [9.17, 15) is 9.18 Å². The van der Waals surface area contributed by atoms with Crippen LogP contribution in [-0.4, -0.2) is 20.4 Å². The summed E-state index contributed by atoms with van der Waals surface area (Å²) in [6.07, 6.45) is 3.96. The molecule has 6 rings (SSSR count). The Bertz CT molecular complexity index is 1350. The Kier molecular flexibility index (Phi) is 2.28. The summed E-state index contributed by atoms with van der Waals surface area (Å²) in [7, 11) is 0. The molecule has 5 aromatic rings. The molecule has 4 nitrogen and oxygen atoms in total. The standard InChI is InChI=1S/C20H12FN3O/c21-11-5-6-12-15(8-11)24-20-10(9-22-24)4-7-14-19(20)17(12)18-13(23-14)2-1-3-16(18)25/h4-9H,1-3H2. The van der Waals surface area contributed by atoms with Gasteiger partial charge < -0.3 is 0 Å². The number of aromatic nitrogens is 3. The number of ketones is 1. The van der Waals surface area contributed by atoms with Crippen molar-refractivity contribution in [2.45, 2.75) is 19.3 Å². The third-order valence-corrected chi connectivity index (χ3v) is 5.31. The molecule has 3 aromatic heterocycles. The molecule has 0 saturated carbocycles. The van der Waals surface area contributed by atoms with Crippen molar-refractivity contribution in [3.63, 3.8) is 0 Å². The highest BCUT2D eigenvalue weighted by Crippen LogP contribution is 2.40. The van der Waals surface area contributed by atoms with Gasteiger partial charge in [0, 0.05) is 39.6 Å². The molecule has 0 saturated heterocycles. The van der Waals surface area contributed by atoms with Gasteiger partial charge in [-0.05, 0) is 37.1 Å². The van der Waals surface area contributed by atoms with Crippen molar-refractivity contribution in [1.82, 2.24) is 14.6 Å². The second kappa shape index (κ2) is 4.30. The quantitative estimate of drug-likeness (QED) is 0.315. The summed E-state index contributed by atoms with van der Waals surface area (Å²) in [6, 6.07) is 8.66. The molecule has 0 N–H and O–H groups in total. The summed E-state index contributed by atoms with van der Waals surface area (Å²) in [5, 5.41) is 8.13. The van der Waals surface area contributed by atoms with E-state index in [1.807, 2.05) is 12.1 Å². The van der Waals surface area contributed by atoms with E-state index in [2.05, 4.69) is 5.10 Å². The number of hydrogen-bond acceptors (Lipinski definition) is 3. The number of carbonyl (C=O) groups excluding carboxylic acids is 1. The monoisotopic (exact) mass is 329 g/mol. The lowest BCUT2D eigenvalue weighted by atomic mass is 9.88. The largest absolute Gasteiger partial charge is 0.294 e. The third-order valence-electron chi connectivity index (χ3n) is 5.31. The van der Waals surface area contributed by atoms with E-state index in [1.165, 1.54) is 12.1 Å². The van der Waals surface area contributed by atoms with Crippen LogP contribution in [0.1, 0.15) is 28.9 Å². The lowest BCUT2D eigenvalue weighted by Crippen LogP contribution is -2.14. The molecule has 0 aliphatic heterocycles. The van der Waals surface area contributed by atoms with Crippen LogP contribution in [0.3, 0.4) is 0 Å². The van der Waals surface area contributed by atoms with Gasteiger partial charge in [0.15, 0.2) is 5.78 Å².